The van der Waals surface area contributed by atoms with Crippen LogP contribution in [0.5, 0.6) is 0 Å². The molecule has 1 saturated heterocycles. The van der Waals surface area contributed by atoms with E-state index in [4.69, 9.17) is 11.6 Å². The molecule has 6 nitrogen and oxygen atoms in total. The van der Waals surface area contributed by atoms with E-state index in [2.05, 4.69) is 4.98 Å². The van der Waals surface area contributed by atoms with Gasteiger partial charge >= 0.3 is 0 Å². The summed E-state index contributed by atoms with van der Waals surface area (Å²) in [5.74, 6) is -1.42. The number of amides is 2. The monoisotopic (exact) mass is 380 g/mol. The maximum absolute atomic E-state index is 14.6. The molecule has 0 spiro atoms. The van der Waals surface area contributed by atoms with E-state index in [0.717, 1.165) is 10.8 Å². The van der Waals surface area contributed by atoms with E-state index < -0.39 is 11.9 Å². The van der Waals surface area contributed by atoms with Gasteiger partial charge in [-0.2, -0.15) is 4.39 Å². The standard InChI is InChI=1S/C18H22ClFN4O2/c1-3-22(4-2)17(25)12-6-5-9-23(10-12)18(26)15-16(20)24-11-13(19)7-8-14(24)21-15/h7-8,11-12H,3-6,9-10H2,1-2H3. The van der Waals surface area contributed by atoms with E-state index >= 15 is 0 Å². The Kier molecular flexibility index (Phi) is 5.46. The second-order valence-electron chi connectivity index (χ2n) is 6.43. The molecular weight excluding hydrogens is 359 g/mol. The number of fused-ring (bicyclic) bond motifs is 1. The fourth-order valence-electron chi connectivity index (χ4n) is 3.43. The van der Waals surface area contributed by atoms with Crippen LogP contribution in [0.2, 0.25) is 5.02 Å². The van der Waals surface area contributed by atoms with Gasteiger partial charge in [-0.05, 0) is 38.8 Å². The summed E-state index contributed by atoms with van der Waals surface area (Å²) < 4.78 is 15.8. The number of pyridine rings is 1. The van der Waals surface area contributed by atoms with Gasteiger partial charge < -0.3 is 9.80 Å². The predicted octanol–water partition coefficient (Wildman–Crippen LogP) is 2.85. The first-order chi connectivity index (χ1) is 12.5. The van der Waals surface area contributed by atoms with Gasteiger partial charge in [0.15, 0.2) is 5.69 Å². The molecule has 0 saturated carbocycles. The number of nitrogens with zero attached hydrogens (tertiary/aromatic N) is 4. The molecule has 8 heteroatoms. The lowest BCUT2D eigenvalue weighted by Crippen LogP contribution is -2.47. The van der Waals surface area contributed by atoms with Crippen molar-refractivity contribution in [2.45, 2.75) is 26.7 Å². The van der Waals surface area contributed by atoms with E-state index in [9.17, 15) is 14.0 Å². The van der Waals surface area contributed by atoms with E-state index in [1.807, 2.05) is 13.8 Å². The number of piperidine rings is 1. The summed E-state index contributed by atoms with van der Waals surface area (Å²) in [6, 6.07) is 3.16. The molecule has 0 radical (unpaired) electrons. The topological polar surface area (TPSA) is 57.9 Å². The highest BCUT2D eigenvalue weighted by Gasteiger charge is 2.33. The fraction of sp³-hybridized carbons (Fsp3) is 0.500. The van der Waals surface area contributed by atoms with Crippen molar-refractivity contribution in [2.24, 2.45) is 5.92 Å². The van der Waals surface area contributed by atoms with Gasteiger partial charge in [0, 0.05) is 32.4 Å². The third-order valence-electron chi connectivity index (χ3n) is 4.86. The molecule has 3 rings (SSSR count). The van der Waals surface area contributed by atoms with Gasteiger partial charge in [-0.25, -0.2) is 4.98 Å². The van der Waals surface area contributed by atoms with Crippen molar-refractivity contribution in [2.75, 3.05) is 26.2 Å². The Labute approximate surface area is 156 Å². The smallest absolute Gasteiger partial charge is 0.277 e. The molecule has 26 heavy (non-hydrogen) atoms. The molecule has 0 bridgehead atoms. The highest BCUT2D eigenvalue weighted by Crippen LogP contribution is 2.22. The first-order valence-electron chi connectivity index (χ1n) is 8.87. The van der Waals surface area contributed by atoms with Crippen molar-refractivity contribution in [3.8, 4) is 0 Å². The summed E-state index contributed by atoms with van der Waals surface area (Å²) in [6.07, 6.45) is 2.84. The van der Waals surface area contributed by atoms with Gasteiger partial charge in [0.1, 0.15) is 5.65 Å². The average molecular weight is 381 g/mol. The van der Waals surface area contributed by atoms with Gasteiger partial charge in [0.2, 0.25) is 11.9 Å². The van der Waals surface area contributed by atoms with Crippen LogP contribution in [0.1, 0.15) is 37.2 Å². The minimum absolute atomic E-state index is 0.0507. The largest absolute Gasteiger partial charge is 0.343 e. The van der Waals surface area contributed by atoms with Crippen LogP contribution in [0.4, 0.5) is 4.39 Å². The minimum atomic E-state index is -0.732. The van der Waals surface area contributed by atoms with E-state index in [1.165, 1.54) is 11.1 Å². The summed E-state index contributed by atoms with van der Waals surface area (Å²) in [7, 11) is 0. The summed E-state index contributed by atoms with van der Waals surface area (Å²) in [5, 5.41) is 0.357. The van der Waals surface area contributed by atoms with Crippen LogP contribution in [-0.2, 0) is 4.79 Å². The maximum atomic E-state index is 14.6. The summed E-state index contributed by atoms with van der Waals surface area (Å²) in [6.45, 7) is 5.94. The van der Waals surface area contributed by atoms with Crippen molar-refractivity contribution in [1.29, 1.82) is 0 Å². The Bertz CT molecular complexity index is 834. The maximum Gasteiger partial charge on any atom is 0.277 e. The molecule has 1 fully saturated rings. The molecule has 0 aromatic carbocycles. The Morgan fingerprint density at radius 2 is 2.08 bits per heavy atom. The lowest BCUT2D eigenvalue weighted by atomic mass is 9.96. The third kappa shape index (κ3) is 3.40. The lowest BCUT2D eigenvalue weighted by Gasteiger charge is -2.34. The van der Waals surface area contributed by atoms with Gasteiger partial charge in [-0.15, -0.1) is 0 Å². The first kappa shape index (κ1) is 18.6. The molecule has 1 unspecified atom stereocenters. The van der Waals surface area contributed by atoms with E-state index in [0.29, 0.717) is 43.3 Å². The number of carbonyl (C=O) groups is 2. The van der Waals surface area contributed by atoms with Gasteiger partial charge in [0.05, 0.1) is 10.9 Å². The average Bonchev–Trinajstić information content (AvgIpc) is 2.98. The molecule has 2 aromatic rings. The SMILES string of the molecule is CCN(CC)C(=O)C1CCCN(C(=O)c2nc3ccc(Cl)cn3c2F)C1. The Morgan fingerprint density at radius 1 is 1.35 bits per heavy atom. The zero-order chi connectivity index (χ0) is 18.8. The molecule has 1 aliphatic rings. The molecule has 3 heterocycles. The quantitative estimate of drug-likeness (QED) is 0.819. The number of halogens is 2. The third-order valence-corrected chi connectivity index (χ3v) is 5.08. The van der Waals surface area contributed by atoms with Crippen LogP contribution in [0, 0.1) is 11.9 Å². The number of imidazole rings is 1. The zero-order valence-electron chi connectivity index (χ0n) is 14.9. The summed E-state index contributed by atoms with van der Waals surface area (Å²) in [4.78, 5) is 32.8. The predicted molar refractivity (Wildman–Crippen MR) is 96.7 cm³/mol. The van der Waals surface area contributed by atoms with Crippen LogP contribution in [0.15, 0.2) is 18.3 Å². The van der Waals surface area contributed by atoms with Crippen molar-refractivity contribution < 1.29 is 14.0 Å². The van der Waals surface area contributed by atoms with E-state index in [-0.39, 0.29) is 17.5 Å². The van der Waals surface area contributed by atoms with E-state index in [1.54, 1.807) is 17.0 Å². The molecule has 140 valence electrons. The fourth-order valence-corrected chi connectivity index (χ4v) is 3.59. The molecule has 1 aliphatic heterocycles. The number of hydrogen-bond acceptors (Lipinski definition) is 3. The summed E-state index contributed by atoms with van der Waals surface area (Å²) >= 11 is 5.89. The van der Waals surface area contributed by atoms with Crippen molar-refractivity contribution in [3.63, 3.8) is 0 Å². The van der Waals surface area contributed by atoms with Crippen molar-refractivity contribution >= 4 is 29.1 Å². The van der Waals surface area contributed by atoms with Crippen LogP contribution >= 0.6 is 11.6 Å². The first-order valence-corrected chi connectivity index (χ1v) is 9.25. The van der Waals surface area contributed by atoms with Crippen LogP contribution in [0.25, 0.3) is 5.65 Å². The number of carbonyl (C=O) groups excluding carboxylic acids is 2. The van der Waals surface area contributed by atoms with Crippen molar-refractivity contribution in [1.82, 2.24) is 19.2 Å². The van der Waals surface area contributed by atoms with Crippen LogP contribution in [0.3, 0.4) is 0 Å². The number of aromatic nitrogens is 2. The molecule has 2 amide bonds. The second kappa shape index (κ2) is 7.61. The number of rotatable bonds is 4. The summed E-state index contributed by atoms with van der Waals surface area (Å²) in [5.41, 5.74) is 0.0891. The highest BCUT2D eigenvalue weighted by atomic mass is 35.5. The molecule has 0 aliphatic carbocycles. The normalized spacial score (nSPS) is 17.5. The molecular formula is C18H22ClFN4O2. The zero-order valence-corrected chi connectivity index (χ0v) is 15.7. The van der Waals surface area contributed by atoms with Crippen LogP contribution in [-0.4, -0.2) is 57.2 Å². The van der Waals surface area contributed by atoms with Gasteiger partial charge in [-0.3, -0.25) is 14.0 Å². The second-order valence-corrected chi connectivity index (χ2v) is 6.86. The molecule has 0 N–H and O–H groups in total. The minimum Gasteiger partial charge on any atom is -0.343 e. The Morgan fingerprint density at radius 3 is 2.77 bits per heavy atom. The van der Waals surface area contributed by atoms with Crippen LogP contribution < -0.4 is 0 Å². The Balaban J connectivity index is 1.81. The molecule has 1 atom stereocenters. The van der Waals surface area contributed by atoms with Gasteiger partial charge in [-0.1, -0.05) is 11.6 Å². The Hall–Kier alpha value is -2.15. The highest BCUT2D eigenvalue weighted by molar-refractivity contribution is 6.30. The molecule has 2 aromatic heterocycles. The van der Waals surface area contributed by atoms with Crippen molar-refractivity contribution in [3.05, 3.63) is 35.0 Å². The van der Waals surface area contributed by atoms with Gasteiger partial charge in [0.25, 0.3) is 5.91 Å². The number of hydrogen-bond donors (Lipinski definition) is 0. The number of likely N-dealkylation sites (tertiary alicyclic amines) is 1. The lowest BCUT2D eigenvalue weighted by molar-refractivity contribution is -0.136.